The number of nitrogens with one attached hydrogen (secondary N) is 1. The van der Waals surface area contributed by atoms with Crippen LogP contribution in [0.5, 0.6) is 0 Å². The van der Waals surface area contributed by atoms with Crippen molar-refractivity contribution < 1.29 is 0 Å². The Bertz CT molecular complexity index is 578. The van der Waals surface area contributed by atoms with E-state index < -0.39 is 0 Å². The molecule has 114 valence electrons. The van der Waals surface area contributed by atoms with E-state index in [4.69, 9.17) is 0 Å². The van der Waals surface area contributed by atoms with Crippen LogP contribution in [-0.4, -0.2) is 6.54 Å². The third kappa shape index (κ3) is 4.18. The van der Waals surface area contributed by atoms with E-state index in [9.17, 15) is 0 Å². The van der Waals surface area contributed by atoms with Gasteiger partial charge in [0.05, 0.1) is 0 Å². The van der Waals surface area contributed by atoms with Crippen LogP contribution in [0.1, 0.15) is 51.4 Å². The van der Waals surface area contributed by atoms with Crippen LogP contribution in [0.25, 0.3) is 0 Å². The highest BCUT2D eigenvalue weighted by molar-refractivity contribution is 7.12. The highest BCUT2D eigenvalue weighted by Gasteiger charge is 2.16. The van der Waals surface area contributed by atoms with Crippen molar-refractivity contribution in [3.63, 3.8) is 0 Å². The molecule has 21 heavy (non-hydrogen) atoms. The smallest absolute Gasteiger partial charge is 0.0455 e. The molecular weight excluding hydrogens is 274 g/mol. The highest BCUT2D eigenvalue weighted by atomic mass is 32.1. The second-order valence-electron chi connectivity index (χ2n) is 6.03. The molecule has 1 N–H and O–H groups in total. The average molecular weight is 301 g/mol. The van der Waals surface area contributed by atoms with Crippen molar-refractivity contribution in [2.45, 2.75) is 53.5 Å². The standard InChI is InChI=1S/C19H27NS/c1-6-9-20-18(19-11-15(4)16(5)21-19)12-17-10-13(2)7-8-14(17)3/h7-8,10-11,18,20H,6,9,12H2,1-5H3. The van der Waals surface area contributed by atoms with E-state index in [-0.39, 0.29) is 0 Å². The Morgan fingerprint density at radius 2 is 1.81 bits per heavy atom. The monoisotopic (exact) mass is 301 g/mol. The van der Waals surface area contributed by atoms with E-state index in [1.165, 1.54) is 38.4 Å². The van der Waals surface area contributed by atoms with Gasteiger partial charge in [-0.3, -0.25) is 0 Å². The van der Waals surface area contributed by atoms with E-state index in [0.29, 0.717) is 6.04 Å². The number of hydrogen-bond donors (Lipinski definition) is 1. The van der Waals surface area contributed by atoms with E-state index in [2.05, 4.69) is 64.2 Å². The number of hydrogen-bond acceptors (Lipinski definition) is 2. The Balaban J connectivity index is 2.25. The predicted octanol–water partition coefficient (Wildman–Crippen LogP) is 5.27. The molecule has 1 nitrogen and oxygen atoms in total. The van der Waals surface area contributed by atoms with Crippen molar-refractivity contribution in [3.8, 4) is 0 Å². The number of aryl methyl sites for hydroxylation is 4. The molecule has 0 aliphatic heterocycles. The first-order chi connectivity index (χ1) is 10.0. The van der Waals surface area contributed by atoms with E-state index >= 15 is 0 Å². The highest BCUT2D eigenvalue weighted by Crippen LogP contribution is 2.29. The SMILES string of the molecule is CCCNC(Cc1cc(C)ccc1C)c1cc(C)c(C)s1. The Labute approximate surface area is 133 Å². The lowest BCUT2D eigenvalue weighted by atomic mass is 9.98. The molecule has 1 aromatic carbocycles. The van der Waals surface area contributed by atoms with Gasteiger partial charge in [-0.05, 0) is 69.8 Å². The van der Waals surface area contributed by atoms with Gasteiger partial charge in [0.1, 0.15) is 0 Å². The van der Waals surface area contributed by atoms with Crippen molar-refractivity contribution in [2.75, 3.05) is 6.54 Å². The summed E-state index contributed by atoms with van der Waals surface area (Å²) in [5.74, 6) is 0. The predicted molar refractivity (Wildman–Crippen MR) is 94.4 cm³/mol. The van der Waals surface area contributed by atoms with Gasteiger partial charge < -0.3 is 5.32 Å². The normalized spacial score (nSPS) is 12.6. The fourth-order valence-electron chi connectivity index (χ4n) is 2.61. The lowest BCUT2D eigenvalue weighted by molar-refractivity contribution is 0.535. The minimum Gasteiger partial charge on any atom is -0.309 e. The second-order valence-corrected chi connectivity index (χ2v) is 7.32. The van der Waals surface area contributed by atoms with Gasteiger partial charge in [-0.1, -0.05) is 30.7 Å². The molecule has 0 aliphatic rings. The molecule has 0 saturated heterocycles. The van der Waals surface area contributed by atoms with Gasteiger partial charge in [0, 0.05) is 15.8 Å². The van der Waals surface area contributed by atoms with Gasteiger partial charge in [-0.2, -0.15) is 0 Å². The molecule has 0 aliphatic carbocycles. The number of thiophene rings is 1. The van der Waals surface area contributed by atoms with E-state index in [1.807, 2.05) is 11.3 Å². The Morgan fingerprint density at radius 3 is 2.43 bits per heavy atom. The molecule has 0 bridgehead atoms. The van der Waals surface area contributed by atoms with Gasteiger partial charge in [0.15, 0.2) is 0 Å². The van der Waals surface area contributed by atoms with Crippen LogP contribution >= 0.6 is 11.3 Å². The van der Waals surface area contributed by atoms with E-state index in [1.54, 1.807) is 0 Å². The third-order valence-corrected chi connectivity index (χ3v) is 5.36. The topological polar surface area (TPSA) is 12.0 Å². The molecule has 2 heteroatoms. The summed E-state index contributed by atoms with van der Waals surface area (Å²) in [5.41, 5.74) is 5.63. The van der Waals surface area contributed by atoms with Gasteiger partial charge in [-0.25, -0.2) is 0 Å². The Hall–Kier alpha value is -1.12. The summed E-state index contributed by atoms with van der Waals surface area (Å²) in [6, 6.07) is 9.57. The first kappa shape index (κ1) is 16.3. The zero-order chi connectivity index (χ0) is 15.4. The summed E-state index contributed by atoms with van der Waals surface area (Å²) in [4.78, 5) is 2.91. The van der Waals surface area contributed by atoms with Crippen LogP contribution in [0.3, 0.4) is 0 Å². The summed E-state index contributed by atoms with van der Waals surface area (Å²) < 4.78 is 0. The molecule has 0 amide bonds. The van der Waals surface area contributed by atoms with Crippen molar-refractivity contribution >= 4 is 11.3 Å². The van der Waals surface area contributed by atoms with Crippen LogP contribution in [0.4, 0.5) is 0 Å². The first-order valence-electron chi connectivity index (χ1n) is 7.87. The van der Waals surface area contributed by atoms with Crippen molar-refractivity contribution in [3.05, 3.63) is 56.3 Å². The summed E-state index contributed by atoms with van der Waals surface area (Å²) >= 11 is 1.94. The maximum atomic E-state index is 3.73. The largest absolute Gasteiger partial charge is 0.309 e. The maximum Gasteiger partial charge on any atom is 0.0455 e. The van der Waals surface area contributed by atoms with Gasteiger partial charge in [0.25, 0.3) is 0 Å². The molecule has 1 unspecified atom stereocenters. The maximum absolute atomic E-state index is 3.73. The van der Waals surface area contributed by atoms with Gasteiger partial charge in [-0.15, -0.1) is 11.3 Å². The first-order valence-corrected chi connectivity index (χ1v) is 8.69. The lowest BCUT2D eigenvalue weighted by Gasteiger charge is -2.19. The quantitative estimate of drug-likeness (QED) is 0.767. The molecule has 2 rings (SSSR count). The van der Waals surface area contributed by atoms with Crippen LogP contribution < -0.4 is 5.32 Å². The summed E-state index contributed by atoms with van der Waals surface area (Å²) in [7, 11) is 0. The Kier molecular flexibility index (Phi) is 5.60. The number of benzene rings is 1. The molecule has 1 heterocycles. The molecule has 0 spiro atoms. The summed E-state index contributed by atoms with van der Waals surface area (Å²) in [6.45, 7) is 12.1. The van der Waals surface area contributed by atoms with Gasteiger partial charge in [0.2, 0.25) is 0 Å². The molecule has 0 saturated carbocycles. The van der Waals surface area contributed by atoms with Crippen LogP contribution in [-0.2, 0) is 6.42 Å². The van der Waals surface area contributed by atoms with Crippen molar-refractivity contribution in [1.29, 1.82) is 0 Å². The summed E-state index contributed by atoms with van der Waals surface area (Å²) in [5, 5.41) is 3.73. The third-order valence-electron chi connectivity index (χ3n) is 4.10. The van der Waals surface area contributed by atoms with Crippen molar-refractivity contribution in [1.82, 2.24) is 5.32 Å². The molecule has 0 radical (unpaired) electrons. The molecule has 0 fully saturated rings. The Morgan fingerprint density at radius 1 is 1.05 bits per heavy atom. The average Bonchev–Trinajstić information content (AvgIpc) is 2.78. The van der Waals surface area contributed by atoms with Crippen molar-refractivity contribution in [2.24, 2.45) is 0 Å². The van der Waals surface area contributed by atoms with E-state index in [0.717, 1.165) is 13.0 Å². The zero-order valence-electron chi connectivity index (χ0n) is 13.9. The molecule has 1 aromatic heterocycles. The summed E-state index contributed by atoms with van der Waals surface area (Å²) in [6.07, 6.45) is 2.25. The van der Waals surface area contributed by atoms with Gasteiger partial charge >= 0.3 is 0 Å². The zero-order valence-corrected chi connectivity index (χ0v) is 14.7. The van der Waals surface area contributed by atoms with Crippen LogP contribution in [0.15, 0.2) is 24.3 Å². The van der Waals surface area contributed by atoms with Crippen LogP contribution in [0.2, 0.25) is 0 Å². The fraction of sp³-hybridized carbons (Fsp3) is 0.474. The fourth-order valence-corrected chi connectivity index (χ4v) is 3.72. The minimum atomic E-state index is 0.433. The second kappa shape index (κ2) is 7.24. The molecule has 2 aromatic rings. The van der Waals surface area contributed by atoms with Crippen LogP contribution in [0, 0.1) is 27.7 Å². The molecular formula is C19H27NS. The lowest BCUT2D eigenvalue weighted by Crippen LogP contribution is -2.23. The molecule has 1 atom stereocenters. The minimum absolute atomic E-state index is 0.433. The number of rotatable bonds is 6.